The van der Waals surface area contributed by atoms with E-state index in [1.807, 2.05) is 0 Å². The summed E-state index contributed by atoms with van der Waals surface area (Å²) < 4.78 is 0. The first-order valence-electron chi connectivity index (χ1n) is 4.07. The zero-order valence-electron chi connectivity index (χ0n) is 8.43. The standard InChI is InChI=1S/C8H7NO4.CH5N/c1-5-7(9(12)13)2-6(4-10)3-8(5)11;1-2/h2-4,11H,1H3;2H2,1H3. The lowest BCUT2D eigenvalue weighted by molar-refractivity contribution is -0.385. The quantitative estimate of drug-likeness (QED) is 0.432. The number of aldehydes is 1. The van der Waals surface area contributed by atoms with E-state index in [1.165, 1.54) is 20.0 Å². The van der Waals surface area contributed by atoms with Crippen LogP contribution in [0.25, 0.3) is 0 Å². The molecule has 6 heteroatoms. The van der Waals surface area contributed by atoms with E-state index in [9.17, 15) is 20.0 Å². The molecule has 0 radical (unpaired) electrons. The summed E-state index contributed by atoms with van der Waals surface area (Å²) in [4.78, 5) is 20.1. The van der Waals surface area contributed by atoms with Crippen LogP contribution in [0.5, 0.6) is 5.75 Å². The van der Waals surface area contributed by atoms with Crippen LogP contribution in [0.1, 0.15) is 15.9 Å². The molecule has 1 rings (SSSR count). The van der Waals surface area contributed by atoms with E-state index in [0.29, 0.717) is 6.29 Å². The zero-order valence-corrected chi connectivity index (χ0v) is 8.43. The topological polar surface area (TPSA) is 106 Å². The summed E-state index contributed by atoms with van der Waals surface area (Å²) in [6.45, 7) is 1.42. The molecule has 0 saturated heterocycles. The van der Waals surface area contributed by atoms with E-state index >= 15 is 0 Å². The van der Waals surface area contributed by atoms with Gasteiger partial charge in [0.25, 0.3) is 5.69 Å². The lowest BCUT2D eigenvalue weighted by Crippen LogP contribution is -1.93. The van der Waals surface area contributed by atoms with Gasteiger partial charge in [-0.2, -0.15) is 0 Å². The minimum Gasteiger partial charge on any atom is -0.507 e. The monoisotopic (exact) mass is 212 g/mol. The van der Waals surface area contributed by atoms with Gasteiger partial charge in [0.1, 0.15) is 12.0 Å². The molecule has 3 N–H and O–H groups in total. The first kappa shape index (κ1) is 13.1. The fourth-order valence-electron chi connectivity index (χ4n) is 0.963. The average Bonchev–Trinajstić information content (AvgIpc) is 2.24. The highest BCUT2D eigenvalue weighted by Gasteiger charge is 2.15. The Balaban J connectivity index is 0.000000921. The molecule has 0 saturated carbocycles. The molecule has 15 heavy (non-hydrogen) atoms. The third kappa shape index (κ3) is 3.03. The van der Waals surface area contributed by atoms with Crippen LogP contribution in [0.15, 0.2) is 12.1 Å². The number of phenolic OH excluding ortho intramolecular Hbond substituents is 1. The van der Waals surface area contributed by atoms with Crippen molar-refractivity contribution in [2.75, 3.05) is 7.05 Å². The number of benzene rings is 1. The molecule has 82 valence electrons. The molecule has 6 nitrogen and oxygen atoms in total. The SMILES string of the molecule is CN.Cc1c(O)cc(C=O)cc1[N+](=O)[O-]. The highest BCUT2D eigenvalue weighted by molar-refractivity contribution is 5.78. The molecule has 0 aliphatic rings. The van der Waals surface area contributed by atoms with Crippen LogP contribution >= 0.6 is 0 Å². The van der Waals surface area contributed by atoms with Gasteiger partial charge in [-0.05, 0) is 20.0 Å². The van der Waals surface area contributed by atoms with E-state index in [1.54, 1.807) is 0 Å². The maximum Gasteiger partial charge on any atom is 0.276 e. The van der Waals surface area contributed by atoms with Crippen LogP contribution < -0.4 is 5.73 Å². The van der Waals surface area contributed by atoms with Crippen molar-refractivity contribution in [1.29, 1.82) is 0 Å². The Morgan fingerprint density at radius 3 is 2.40 bits per heavy atom. The third-order valence-electron chi connectivity index (χ3n) is 1.71. The molecule has 1 aromatic rings. The lowest BCUT2D eigenvalue weighted by atomic mass is 10.1. The van der Waals surface area contributed by atoms with Crippen molar-refractivity contribution in [2.24, 2.45) is 5.73 Å². The predicted molar refractivity (Wildman–Crippen MR) is 55.0 cm³/mol. The minimum atomic E-state index is -0.637. The molecule has 0 aromatic heterocycles. The maximum atomic E-state index is 10.4. The number of hydrogen-bond acceptors (Lipinski definition) is 5. The Bertz CT molecular complexity index is 377. The number of nitro groups is 1. The van der Waals surface area contributed by atoms with Gasteiger partial charge in [-0.3, -0.25) is 14.9 Å². The van der Waals surface area contributed by atoms with E-state index in [0.717, 1.165) is 6.07 Å². The first-order chi connectivity index (χ1) is 7.06. The predicted octanol–water partition coefficient (Wildman–Crippen LogP) is 0.996. The van der Waals surface area contributed by atoms with Crippen LogP contribution in [0.2, 0.25) is 0 Å². The fraction of sp³-hybridized carbons (Fsp3) is 0.222. The van der Waals surface area contributed by atoms with Gasteiger partial charge in [0, 0.05) is 11.6 Å². The van der Waals surface area contributed by atoms with Gasteiger partial charge in [-0.1, -0.05) is 0 Å². The molecule has 0 unspecified atom stereocenters. The molecule has 0 aliphatic carbocycles. The number of carbonyl (C=O) groups excluding carboxylic acids is 1. The second kappa shape index (κ2) is 5.71. The van der Waals surface area contributed by atoms with Crippen LogP contribution in [0.4, 0.5) is 5.69 Å². The number of nitrogens with two attached hydrogens (primary N) is 1. The molecular weight excluding hydrogens is 200 g/mol. The number of nitro benzene ring substituents is 1. The number of nitrogens with zero attached hydrogens (tertiary/aromatic N) is 1. The molecule has 0 fully saturated rings. The summed E-state index contributed by atoms with van der Waals surface area (Å²) in [7, 11) is 1.50. The summed E-state index contributed by atoms with van der Waals surface area (Å²) in [6.07, 6.45) is 0.451. The van der Waals surface area contributed by atoms with Crippen LogP contribution in [-0.2, 0) is 0 Å². The van der Waals surface area contributed by atoms with Crippen molar-refractivity contribution in [3.63, 3.8) is 0 Å². The van der Waals surface area contributed by atoms with Gasteiger partial charge in [0.05, 0.1) is 10.5 Å². The van der Waals surface area contributed by atoms with Gasteiger partial charge >= 0.3 is 0 Å². The Hall–Kier alpha value is -1.95. The van der Waals surface area contributed by atoms with Crippen molar-refractivity contribution in [1.82, 2.24) is 0 Å². The largest absolute Gasteiger partial charge is 0.507 e. The molecule has 0 amide bonds. The van der Waals surface area contributed by atoms with Gasteiger partial charge in [0.2, 0.25) is 0 Å². The van der Waals surface area contributed by atoms with Gasteiger partial charge in [-0.15, -0.1) is 0 Å². The Morgan fingerprint density at radius 2 is 2.00 bits per heavy atom. The van der Waals surface area contributed by atoms with Gasteiger partial charge in [0.15, 0.2) is 0 Å². The van der Waals surface area contributed by atoms with Crippen molar-refractivity contribution < 1.29 is 14.8 Å². The van der Waals surface area contributed by atoms with Crippen LogP contribution in [0.3, 0.4) is 0 Å². The molecule has 0 bridgehead atoms. The number of aromatic hydroxyl groups is 1. The normalized spacial score (nSPS) is 8.73. The zero-order chi connectivity index (χ0) is 12.0. The minimum absolute atomic E-state index is 0.0924. The fourth-order valence-corrected chi connectivity index (χ4v) is 0.963. The average molecular weight is 212 g/mol. The Morgan fingerprint density at radius 1 is 1.47 bits per heavy atom. The highest BCUT2D eigenvalue weighted by atomic mass is 16.6. The Kier molecular flexibility index (Phi) is 4.97. The van der Waals surface area contributed by atoms with Crippen molar-refractivity contribution >= 4 is 12.0 Å². The van der Waals surface area contributed by atoms with E-state index in [2.05, 4.69) is 5.73 Å². The summed E-state index contributed by atoms with van der Waals surface area (Å²) >= 11 is 0. The van der Waals surface area contributed by atoms with Gasteiger partial charge in [-0.25, -0.2) is 0 Å². The second-order valence-electron chi connectivity index (χ2n) is 2.56. The van der Waals surface area contributed by atoms with Crippen molar-refractivity contribution in [3.8, 4) is 5.75 Å². The van der Waals surface area contributed by atoms with E-state index < -0.39 is 4.92 Å². The molecule has 0 heterocycles. The smallest absolute Gasteiger partial charge is 0.276 e. The number of phenols is 1. The third-order valence-corrected chi connectivity index (χ3v) is 1.71. The summed E-state index contributed by atoms with van der Waals surface area (Å²) in [6, 6.07) is 2.32. The number of hydrogen-bond donors (Lipinski definition) is 2. The first-order valence-corrected chi connectivity index (χ1v) is 4.07. The molecule has 0 spiro atoms. The summed E-state index contributed by atoms with van der Waals surface area (Å²) in [5.41, 5.74) is 4.51. The summed E-state index contributed by atoms with van der Waals surface area (Å²) in [5.74, 6) is -0.240. The number of carbonyl (C=O) groups is 1. The number of rotatable bonds is 2. The maximum absolute atomic E-state index is 10.4. The highest BCUT2D eigenvalue weighted by Crippen LogP contribution is 2.27. The lowest BCUT2D eigenvalue weighted by Gasteiger charge is -2.00. The van der Waals surface area contributed by atoms with E-state index in [4.69, 9.17) is 0 Å². The van der Waals surface area contributed by atoms with Crippen molar-refractivity contribution in [3.05, 3.63) is 33.4 Å². The molecule has 1 aromatic carbocycles. The molecule has 0 aliphatic heterocycles. The Labute approximate surface area is 86.5 Å². The summed E-state index contributed by atoms with van der Waals surface area (Å²) in [5, 5.41) is 19.6. The molecular formula is C9H12N2O4. The van der Waals surface area contributed by atoms with Gasteiger partial charge < -0.3 is 10.8 Å². The molecule has 0 atom stereocenters. The second-order valence-corrected chi connectivity index (χ2v) is 2.56. The van der Waals surface area contributed by atoms with Crippen molar-refractivity contribution in [2.45, 2.75) is 6.92 Å². The van der Waals surface area contributed by atoms with Crippen LogP contribution in [0, 0.1) is 17.0 Å². The van der Waals surface area contributed by atoms with E-state index in [-0.39, 0.29) is 22.6 Å². The van der Waals surface area contributed by atoms with Crippen LogP contribution in [-0.4, -0.2) is 23.4 Å².